The van der Waals surface area contributed by atoms with Crippen LogP contribution < -0.4 is 0 Å². The summed E-state index contributed by atoms with van der Waals surface area (Å²) in [5.74, 6) is 0.768. The van der Waals surface area contributed by atoms with Gasteiger partial charge in [0, 0.05) is 12.7 Å². The van der Waals surface area contributed by atoms with Crippen molar-refractivity contribution in [1.82, 2.24) is 29.6 Å². The number of hydrogen-bond donors (Lipinski definition) is 0. The fraction of sp³-hybridized carbons (Fsp3) is 0.167. The highest BCUT2D eigenvalue weighted by molar-refractivity contribution is 9.11. The molecule has 0 aliphatic rings. The number of fused-ring (bicyclic) bond motifs is 1. The molecule has 0 atom stereocenters. The highest BCUT2D eigenvalue weighted by Gasteiger charge is 2.17. The molecule has 0 aromatic carbocycles. The standard InChI is InChI=1S/C12H9BrN6S2/c1-6-7(5-14-18(6)2)11-17-19-10(15-16-12(19)21-11)8-3-4-9(13)20-8/h3-5H,1-2H3. The predicted octanol–water partition coefficient (Wildman–Crippen LogP) is 3.39. The lowest BCUT2D eigenvalue weighted by Gasteiger charge is -1.95. The van der Waals surface area contributed by atoms with Gasteiger partial charge in [0.15, 0.2) is 10.8 Å². The van der Waals surface area contributed by atoms with E-state index in [1.807, 2.05) is 37.0 Å². The lowest BCUT2D eigenvalue weighted by atomic mass is 10.3. The first kappa shape index (κ1) is 13.1. The van der Waals surface area contributed by atoms with Crippen LogP contribution in [0.2, 0.25) is 0 Å². The van der Waals surface area contributed by atoms with Gasteiger partial charge in [-0.3, -0.25) is 4.68 Å². The van der Waals surface area contributed by atoms with Gasteiger partial charge in [0.05, 0.1) is 20.4 Å². The van der Waals surface area contributed by atoms with Crippen molar-refractivity contribution in [2.75, 3.05) is 0 Å². The largest absolute Gasteiger partial charge is 0.272 e. The normalized spacial score (nSPS) is 11.6. The van der Waals surface area contributed by atoms with Crippen molar-refractivity contribution < 1.29 is 0 Å². The molecule has 0 unspecified atom stereocenters. The van der Waals surface area contributed by atoms with Gasteiger partial charge in [0.1, 0.15) is 0 Å². The summed E-state index contributed by atoms with van der Waals surface area (Å²) in [4.78, 5) is 1.82. The molecule has 0 aliphatic heterocycles. The van der Waals surface area contributed by atoms with E-state index in [1.54, 1.807) is 15.9 Å². The summed E-state index contributed by atoms with van der Waals surface area (Å²) >= 11 is 6.60. The van der Waals surface area contributed by atoms with Gasteiger partial charge in [0.25, 0.3) is 0 Å². The summed E-state index contributed by atoms with van der Waals surface area (Å²) < 4.78 is 4.70. The van der Waals surface area contributed by atoms with Gasteiger partial charge in [-0.1, -0.05) is 11.3 Å². The zero-order valence-corrected chi connectivity index (χ0v) is 14.3. The molecular formula is C12H9BrN6S2. The van der Waals surface area contributed by atoms with Gasteiger partial charge in [0.2, 0.25) is 4.96 Å². The molecule has 4 rings (SSSR count). The molecule has 106 valence electrons. The number of thiophene rings is 1. The molecule has 0 saturated carbocycles. The molecule has 0 radical (unpaired) electrons. The Hall–Kier alpha value is -1.58. The Balaban J connectivity index is 1.88. The van der Waals surface area contributed by atoms with E-state index in [-0.39, 0.29) is 0 Å². The van der Waals surface area contributed by atoms with E-state index >= 15 is 0 Å². The van der Waals surface area contributed by atoms with Crippen molar-refractivity contribution in [2.45, 2.75) is 6.92 Å². The molecule has 6 nitrogen and oxygen atoms in total. The molecule has 0 spiro atoms. The summed E-state index contributed by atoms with van der Waals surface area (Å²) in [6.45, 7) is 2.03. The van der Waals surface area contributed by atoms with Crippen molar-refractivity contribution in [3.8, 4) is 21.3 Å². The fourth-order valence-corrected chi connectivity index (χ4v) is 4.28. The molecule has 4 heterocycles. The molecule has 4 aromatic rings. The number of rotatable bonds is 2. The van der Waals surface area contributed by atoms with E-state index in [2.05, 4.69) is 36.3 Å². The molecule has 0 amide bonds. The Bertz CT molecular complexity index is 946. The first-order valence-electron chi connectivity index (χ1n) is 6.10. The summed E-state index contributed by atoms with van der Waals surface area (Å²) in [5.41, 5.74) is 2.12. The van der Waals surface area contributed by atoms with Crippen LogP contribution >= 0.6 is 38.6 Å². The maximum absolute atomic E-state index is 4.65. The quantitative estimate of drug-likeness (QED) is 0.534. The van der Waals surface area contributed by atoms with Crippen molar-refractivity contribution in [3.05, 3.63) is 27.8 Å². The summed E-state index contributed by atoms with van der Waals surface area (Å²) in [6.07, 6.45) is 1.84. The lowest BCUT2D eigenvalue weighted by Crippen LogP contribution is -1.93. The van der Waals surface area contributed by atoms with E-state index < -0.39 is 0 Å². The zero-order chi connectivity index (χ0) is 14.6. The Kier molecular flexibility index (Phi) is 2.95. The van der Waals surface area contributed by atoms with Gasteiger partial charge in [-0.2, -0.15) is 14.7 Å². The molecule has 0 bridgehead atoms. The summed E-state index contributed by atoms with van der Waals surface area (Å²) in [7, 11) is 1.92. The number of aromatic nitrogens is 6. The average molecular weight is 381 g/mol. The van der Waals surface area contributed by atoms with Crippen molar-refractivity contribution >= 4 is 43.6 Å². The third-order valence-corrected chi connectivity index (χ3v) is 5.80. The van der Waals surface area contributed by atoms with Crippen LogP contribution in [0.1, 0.15) is 5.69 Å². The van der Waals surface area contributed by atoms with E-state index in [0.717, 1.165) is 35.7 Å². The van der Waals surface area contributed by atoms with E-state index in [1.165, 1.54) is 11.3 Å². The van der Waals surface area contributed by atoms with Crippen LogP contribution in [0.25, 0.3) is 26.2 Å². The predicted molar refractivity (Wildman–Crippen MR) is 86.6 cm³/mol. The number of nitrogens with zero attached hydrogens (tertiary/aromatic N) is 6. The molecule has 0 fully saturated rings. The van der Waals surface area contributed by atoms with E-state index in [9.17, 15) is 0 Å². The third kappa shape index (κ3) is 2.03. The minimum Gasteiger partial charge on any atom is -0.272 e. The molecule has 0 aliphatic carbocycles. The molecular weight excluding hydrogens is 372 g/mol. The SMILES string of the molecule is Cc1c(-c2nn3c(-c4ccc(Br)s4)nnc3s2)cnn1C. The molecule has 9 heteroatoms. The van der Waals surface area contributed by atoms with Crippen LogP contribution in [0.4, 0.5) is 0 Å². The minimum absolute atomic E-state index is 0.768. The average Bonchev–Trinajstić information content (AvgIpc) is 3.17. The second kappa shape index (κ2) is 4.72. The number of hydrogen-bond acceptors (Lipinski definition) is 6. The second-order valence-corrected chi connectivity index (χ2v) is 7.92. The van der Waals surface area contributed by atoms with Crippen LogP contribution in [0, 0.1) is 6.92 Å². The number of halogens is 1. The van der Waals surface area contributed by atoms with Crippen LogP contribution in [-0.2, 0) is 7.05 Å². The van der Waals surface area contributed by atoms with Crippen molar-refractivity contribution in [1.29, 1.82) is 0 Å². The van der Waals surface area contributed by atoms with Gasteiger partial charge < -0.3 is 0 Å². The Morgan fingerprint density at radius 2 is 2.05 bits per heavy atom. The van der Waals surface area contributed by atoms with Gasteiger partial charge >= 0.3 is 0 Å². The fourth-order valence-electron chi connectivity index (χ4n) is 2.02. The summed E-state index contributed by atoms with van der Waals surface area (Å²) in [5, 5.41) is 18.3. The monoisotopic (exact) mass is 380 g/mol. The highest BCUT2D eigenvalue weighted by atomic mass is 79.9. The Morgan fingerprint density at radius 1 is 1.19 bits per heavy atom. The van der Waals surface area contributed by atoms with Gasteiger partial charge in [-0.05, 0) is 35.0 Å². The Morgan fingerprint density at radius 3 is 2.71 bits per heavy atom. The topological polar surface area (TPSA) is 60.9 Å². The van der Waals surface area contributed by atoms with Gasteiger partial charge in [-0.25, -0.2) is 0 Å². The van der Waals surface area contributed by atoms with Crippen molar-refractivity contribution in [3.63, 3.8) is 0 Å². The van der Waals surface area contributed by atoms with E-state index in [0.29, 0.717) is 0 Å². The number of aryl methyl sites for hydroxylation is 1. The van der Waals surface area contributed by atoms with Crippen LogP contribution in [0.5, 0.6) is 0 Å². The Labute approximate surface area is 136 Å². The van der Waals surface area contributed by atoms with Crippen LogP contribution in [0.3, 0.4) is 0 Å². The first-order chi connectivity index (χ1) is 10.1. The van der Waals surface area contributed by atoms with Crippen LogP contribution in [0.15, 0.2) is 22.1 Å². The first-order valence-corrected chi connectivity index (χ1v) is 8.53. The van der Waals surface area contributed by atoms with Crippen molar-refractivity contribution in [2.24, 2.45) is 7.05 Å². The minimum atomic E-state index is 0.768. The maximum atomic E-state index is 4.65. The maximum Gasteiger partial charge on any atom is 0.235 e. The molecule has 0 N–H and O–H groups in total. The van der Waals surface area contributed by atoms with Gasteiger partial charge in [-0.15, -0.1) is 21.5 Å². The summed E-state index contributed by atoms with van der Waals surface area (Å²) in [6, 6.07) is 4.01. The zero-order valence-electron chi connectivity index (χ0n) is 11.1. The second-order valence-electron chi connectivity index (χ2n) is 4.50. The lowest BCUT2D eigenvalue weighted by molar-refractivity contribution is 0.740. The molecule has 4 aromatic heterocycles. The van der Waals surface area contributed by atoms with Crippen LogP contribution in [-0.4, -0.2) is 29.6 Å². The van der Waals surface area contributed by atoms with E-state index in [4.69, 9.17) is 0 Å². The molecule has 0 saturated heterocycles. The third-order valence-electron chi connectivity index (χ3n) is 3.25. The molecule has 21 heavy (non-hydrogen) atoms. The smallest absolute Gasteiger partial charge is 0.235 e. The highest BCUT2D eigenvalue weighted by Crippen LogP contribution is 2.33.